The summed E-state index contributed by atoms with van der Waals surface area (Å²) in [5.74, 6) is -0.345. The Morgan fingerprint density at radius 1 is 0.865 bits per heavy atom. The normalized spacial score (nSPS) is 29.8. The number of carbonyl (C=O) groups excluding carboxylic acids is 1. The molecule has 8 atom stereocenters. The van der Waals surface area contributed by atoms with Crippen molar-refractivity contribution in [3.05, 3.63) is 71.8 Å². The molecule has 8 unspecified atom stereocenters. The zero-order chi connectivity index (χ0) is 26.2. The number of rotatable bonds is 10. The van der Waals surface area contributed by atoms with Gasteiger partial charge in [0.2, 0.25) is 0 Å². The third-order valence-electron chi connectivity index (χ3n) is 6.95. The van der Waals surface area contributed by atoms with Crippen LogP contribution in [0.15, 0.2) is 60.7 Å². The third-order valence-corrected chi connectivity index (χ3v) is 6.95. The smallest absolute Gasteiger partial charge is 0.302 e. The maximum Gasteiger partial charge on any atom is 0.302 e. The van der Waals surface area contributed by atoms with Crippen molar-refractivity contribution in [1.82, 2.24) is 0 Å². The third kappa shape index (κ3) is 8.35. The first-order valence-corrected chi connectivity index (χ1v) is 13.5. The van der Waals surface area contributed by atoms with Crippen molar-refractivity contribution >= 4 is 5.97 Å². The van der Waals surface area contributed by atoms with Gasteiger partial charge >= 0.3 is 5.97 Å². The number of carbonyl (C=O) groups is 1. The minimum absolute atomic E-state index is 0.0157. The topological polar surface area (TPSA) is 83.5 Å². The molecular formula is C30H40O7. The Balaban J connectivity index is 1.43. The highest BCUT2D eigenvalue weighted by atomic mass is 16.7. The lowest BCUT2D eigenvalue weighted by molar-refractivity contribution is -0.279. The first-order valence-electron chi connectivity index (χ1n) is 13.5. The molecule has 0 radical (unpaired) electrons. The Morgan fingerprint density at radius 3 is 1.86 bits per heavy atom. The van der Waals surface area contributed by atoms with Crippen LogP contribution in [0.25, 0.3) is 0 Å². The Bertz CT molecular complexity index is 953. The molecule has 202 valence electrons. The molecule has 2 aliphatic heterocycles. The lowest BCUT2D eigenvalue weighted by Gasteiger charge is -2.41. The highest BCUT2D eigenvalue weighted by Crippen LogP contribution is 2.37. The van der Waals surface area contributed by atoms with Crippen LogP contribution in [0.3, 0.4) is 0 Å². The number of hydrogen-bond acceptors (Lipinski definition) is 7. The lowest BCUT2D eigenvalue weighted by atomic mass is 9.95. The monoisotopic (exact) mass is 512 g/mol. The lowest BCUT2D eigenvalue weighted by Crippen LogP contribution is -2.41. The van der Waals surface area contributed by atoms with E-state index in [9.17, 15) is 9.90 Å². The summed E-state index contributed by atoms with van der Waals surface area (Å²) in [6.45, 7) is 5.31. The molecule has 2 fully saturated rings. The van der Waals surface area contributed by atoms with Crippen LogP contribution in [0.5, 0.6) is 0 Å². The predicted octanol–water partition coefficient (Wildman–Crippen LogP) is 5.63. The van der Waals surface area contributed by atoms with Crippen LogP contribution in [-0.4, -0.2) is 47.7 Å². The quantitative estimate of drug-likeness (QED) is 0.413. The van der Waals surface area contributed by atoms with E-state index in [0.29, 0.717) is 25.7 Å². The van der Waals surface area contributed by atoms with Gasteiger partial charge in [0.05, 0.1) is 30.5 Å². The first kappa shape index (κ1) is 27.7. The van der Waals surface area contributed by atoms with E-state index in [0.717, 1.165) is 24.0 Å². The molecule has 7 nitrogen and oxygen atoms in total. The van der Waals surface area contributed by atoms with Crippen LogP contribution in [0.2, 0.25) is 0 Å². The van der Waals surface area contributed by atoms with Gasteiger partial charge in [-0.2, -0.15) is 0 Å². The summed E-state index contributed by atoms with van der Waals surface area (Å²) in [5, 5.41) is 10.7. The van der Waals surface area contributed by atoms with Crippen LogP contribution >= 0.6 is 0 Å². The van der Waals surface area contributed by atoms with E-state index < -0.39 is 18.7 Å². The molecular weight excluding hydrogens is 472 g/mol. The summed E-state index contributed by atoms with van der Waals surface area (Å²) in [6.07, 6.45) is 1.77. The predicted molar refractivity (Wildman–Crippen MR) is 138 cm³/mol. The van der Waals surface area contributed by atoms with E-state index in [1.165, 1.54) is 6.92 Å². The molecule has 37 heavy (non-hydrogen) atoms. The van der Waals surface area contributed by atoms with Crippen molar-refractivity contribution in [3.63, 3.8) is 0 Å². The largest absolute Gasteiger partial charge is 0.463 e. The zero-order valence-corrected chi connectivity index (χ0v) is 22.0. The van der Waals surface area contributed by atoms with Gasteiger partial charge in [-0.05, 0) is 19.8 Å². The number of hydrogen-bond donors (Lipinski definition) is 1. The van der Waals surface area contributed by atoms with Gasteiger partial charge in [0.15, 0.2) is 12.6 Å². The minimum atomic E-state index is -0.652. The summed E-state index contributed by atoms with van der Waals surface area (Å²) >= 11 is 0. The second-order valence-electron chi connectivity index (χ2n) is 10.2. The van der Waals surface area contributed by atoms with Crippen molar-refractivity contribution in [2.45, 2.75) is 108 Å². The molecule has 2 heterocycles. The zero-order valence-electron chi connectivity index (χ0n) is 22.0. The van der Waals surface area contributed by atoms with Gasteiger partial charge in [-0.1, -0.05) is 67.6 Å². The molecule has 0 bridgehead atoms. The van der Waals surface area contributed by atoms with E-state index in [2.05, 4.69) is 6.92 Å². The molecule has 0 spiro atoms. The van der Waals surface area contributed by atoms with E-state index >= 15 is 0 Å². The Labute approximate surface area is 220 Å². The molecule has 0 amide bonds. The van der Waals surface area contributed by atoms with E-state index in [4.69, 9.17) is 23.7 Å². The van der Waals surface area contributed by atoms with Crippen LogP contribution < -0.4 is 0 Å². The highest BCUT2D eigenvalue weighted by molar-refractivity contribution is 5.66. The summed E-state index contributed by atoms with van der Waals surface area (Å²) in [5.41, 5.74) is 1.96. The second kappa shape index (κ2) is 13.5. The average Bonchev–Trinajstić information content (AvgIpc) is 2.88. The second-order valence-corrected chi connectivity index (χ2v) is 10.2. The Kier molecular flexibility index (Phi) is 10.1. The molecule has 2 aliphatic rings. The van der Waals surface area contributed by atoms with Crippen LogP contribution in [0, 0.1) is 0 Å². The molecule has 0 aliphatic carbocycles. The van der Waals surface area contributed by atoms with Crippen molar-refractivity contribution in [3.8, 4) is 0 Å². The Hall–Kier alpha value is -2.29. The maximum atomic E-state index is 11.3. The maximum absolute atomic E-state index is 11.3. The average molecular weight is 513 g/mol. The molecule has 1 N–H and O–H groups in total. The summed E-state index contributed by atoms with van der Waals surface area (Å²) in [6, 6.07) is 19.9. The number of ether oxygens (including phenoxy) is 5. The molecule has 2 aromatic rings. The SMILES string of the molecule is CCC1CC(CC2CC(CC(O)CC(C)OC(C)=O)OC(c3ccccc3)O2)OC(c2ccccc2)O1. The number of benzene rings is 2. The molecule has 2 aromatic carbocycles. The van der Waals surface area contributed by atoms with E-state index in [1.54, 1.807) is 6.92 Å². The van der Waals surface area contributed by atoms with Crippen LogP contribution in [0.4, 0.5) is 0 Å². The highest BCUT2D eigenvalue weighted by Gasteiger charge is 2.37. The van der Waals surface area contributed by atoms with Gasteiger partial charge in [0, 0.05) is 43.7 Å². The molecule has 4 rings (SSSR count). The van der Waals surface area contributed by atoms with Crippen molar-refractivity contribution in [2.24, 2.45) is 0 Å². The standard InChI is InChI=1S/C30H40O7/c1-4-25-17-27(36-29(34-25)22-11-7-5-8-12-22)19-28-18-26(16-24(32)15-20(2)33-21(3)31)35-30(37-28)23-13-9-6-10-14-23/h5-14,20,24-30,32H,4,15-19H2,1-3H3. The fraction of sp³-hybridized carbons (Fsp3) is 0.567. The molecule has 7 heteroatoms. The van der Waals surface area contributed by atoms with Crippen molar-refractivity contribution < 1.29 is 33.6 Å². The van der Waals surface area contributed by atoms with Crippen LogP contribution in [0.1, 0.15) is 83.0 Å². The van der Waals surface area contributed by atoms with Gasteiger partial charge < -0.3 is 28.8 Å². The first-order chi connectivity index (χ1) is 17.9. The van der Waals surface area contributed by atoms with Crippen molar-refractivity contribution in [2.75, 3.05) is 0 Å². The van der Waals surface area contributed by atoms with Gasteiger partial charge in [-0.15, -0.1) is 0 Å². The van der Waals surface area contributed by atoms with E-state index in [1.807, 2.05) is 60.7 Å². The summed E-state index contributed by atoms with van der Waals surface area (Å²) in [4.78, 5) is 11.3. The summed E-state index contributed by atoms with van der Waals surface area (Å²) in [7, 11) is 0. The molecule has 0 aromatic heterocycles. The van der Waals surface area contributed by atoms with Gasteiger partial charge in [-0.25, -0.2) is 0 Å². The van der Waals surface area contributed by atoms with Gasteiger partial charge in [-0.3, -0.25) is 4.79 Å². The fourth-order valence-electron chi connectivity index (χ4n) is 5.23. The number of esters is 1. The number of aliphatic hydroxyl groups excluding tert-OH is 1. The summed E-state index contributed by atoms with van der Waals surface area (Å²) < 4.78 is 30.6. The van der Waals surface area contributed by atoms with E-state index in [-0.39, 0.29) is 36.5 Å². The minimum Gasteiger partial charge on any atom is -0.463 e. The molecule has 0 saturated carbocycles. The fourth-order valence-corrected chi connectivity index (χ4v) is 5.23. The van der Waals surface area contributed by atoms with Crippen LogP contribution in [-0.2, 0) is 28.5 Å². The number of aliphatic hydroxyl groups is 1. The Morgan fingerprint density at radius 2 is 1.35 bits per heavy atom. The molecule has 2 saturated heterocycles. The van der Waals surface area contributed by atoms with Gasteiger partial charge in [0.25, 0.3) is 0 Å². The van der Waals surface area contributed by atoms with Gasteiger partial charge in [0.1, 0.15) is 6.10 Å². The van der Waals surface area contributed by atoms with Crippen molar-refractivity contribution in [1.29, 1.82) is 0 Å².